The maximum absolute atomic E-state index is 13.1. The Balaban J connectivity index is 1.46. The van der Waals surface area contributed by atoms with Crippen molar-refractivity contribution in [3.8, 4) is 0 Å². The molecule has 2 aromatic heterocycles. The van der Waals surface area contributed by atoms with Crippen LogP contribution in [0.5, 0.6) is 0 Å². The summed E-state index contributed by atoms with van der Waals surface area (Å²) in [5, 5.41) is 7.37. The summed E-state index contributed by atoms with van der Waals surface area (Å²) in [6.07, 6.45) is 1.54. The molecule has 0 spiro atoms. The van der Waals surface area contributed by atoms with Crippen LogP contribution in [0, 0.1) is 19.8 Å². The summed E-state index contributed by atoms with van der Waals surface area (Å²) < 4.78 is 5.32. The highest BCUT2D eigenvalue weighted by Crippen LogP contribution is 2.44. The fourth-order valence-electron chi connectivity index (χ4n) is 4.80. The van der Waals surface area contributed by atoms with Gasteiger partial charge >= 0.3 is 0 Å². The number of fused-ring (bicyclic) bond motifs is 1. The first-order valence-electron chi connectivity index (χ1n) is 10.0. The molecular formula is C22H23N5O3. The van der Waals surface area contributed by atoms with E-state index in [-0.39, 0.29) is 17.7 Å². The van der Waals surface area contributed by atoms with E-state index in [0.717, 1.165) is 5.82 Å². The number of nitrogens with zero attached hydrogens (tertiary/aromatic N) is 4. The third-order valence-electron chi connectivity index (χ3n) is 6.34. The third-order valence-corrected chi connectivity index (χ3v) is 6.34. The molecule has 154 valence electrons. The van der Waals surface area contributed by atoms with Crippen molar-refractivity contribution in [2.24, 2.45) is 5.92 Å². The average molecular weight is 405 g/mol. The highest BCUT2D eigenvalue weighted by Gasteiger charge is 2.57. The van der Waals surface area contributed by atoms with Crippen molar-refractivity contribution in [1.29, 1.82) is 0 Å². The Hall–Kier alpha value is -3.42. The summed E-state index contributed by atoms with van der Waals surface area (Å²) in [5.41, 5.74) is 0.761. The van der Waals surface area contributed by atoms with Gasteiger partial charge in [-0.1, -0.05) is 18.2 Å². The molecule has 1 aromatic carbocycles. The van der Waals surface area contributed by atoms with E-state index in [9.17, 15) is 9.59 Å². The number of aryl methyl sites for hydroxylation is 2. The topological polar surface area (TPSA) is 95.3 Å². The van der Waals surface area contributed by atoms with Gasteiger partial charge in [0.25, 0.3) is 11.8 Å². The first-order valence-corrected chi connectivity index (χ1v) is 10.0. The molecule has 1 N–H and O–H groups in total. The SMILES string of the molecule is Cc1nc([C@]23CN(C(=O)c4ccccc4)C[C@H]2CN(C(=O)c2ccoc2C)C3)n[nH]1. The Morgan fingerprint density at radius 3 is 2.37 bits per heavy atom. The molecule has 5 rings (SSSR count). The zero-order valence-corrected chi connectivity index (χ0v) is 17.0. The van der Waals surface area contributed by atoms with Crippen LogP contribution in [0.25, 0.3) is 0 Å². The number of amides is 2. The minimum Gasteiger partial charge on any atom is -0.469 e. The maximum atomic E-state index is 13.1. The summed E-state index contributed by atoms with van der Waals surface area (Å²) in [7, 11) is 0. The molecule has 2 fully saturated rings. The number of hydrogen-bond acceptors (Lipinski definition) is 5. The molecule has 30 heavy (non-hydrogen) atoms. The number of H-pyrrole nitrogens is 1. The summed E-state index contributed by atoms with van der Waals surface area (Å²) in [6.45, 7) is 5.72. The quantitative estimate of drug-likeness (QED) is 0.721. The lowest BCUT2D eigenvalue weighted by atomic mass is 9.80. The second kappa shape index (κ2) is 6.83. The van der Waals surface area contributed by atoms with Crippen LogP contribution in [0.2, 0.25) is 0 Å². The molecule has 2 atom stereocenters. The molecule has 4 heterocycles. The van der Waals surface area contributed by atoms with Crippen molar-refractivity contribution < 1.29 is 14.0 Å². The monoisotopic (exact) mass is 405 g/mol. The molecule has 0 radical (unpaired) electrons. The van der Waals surface area contributed by atoms with Crippen molar-refractivity contribution >= 4 is 11.8 Å². The van der Waals surface area contributed by atoms with Crippen LogP contribution in [-0.4, -0.2) is 63.0 Å². The summed E-state index contributed by atoms with van der Waals surface area (Å²) >= 11 is 0. The number of nitrogens with one attached hydrogen (secondary N) is 1. The molecule has 8 nitrogen and oxygen atoms in total. The number of rotatable bonds is 3. The maximum Gasteiger partial charge on any atom is 0.257 e. The van der Waals surface area contributed by atoms with Gasteiger partial charge in [0.15, 0.2) is 5.82 Å². The zero-order chi connectivity index (χ0) is 20.9. The Morgan fingerprint density at radius 1 is 1.07 bits per heavy atom. The number of carbonyl (C=O) groups excluding carboxylic acids is 2. The number of hydrogen-bond donors (Lipinski definition) is 1. The molecule has 3 aromatic rings. The second-order valence-electron chi connectivity index (χ2n) is 8.23. The van der Waals surface area contributed by atoms with Crippen LogP contribution in [0.4, 0.5) is 0 Å². The van der Waals surface area contributed by atoms with E-state index in [1.165, 1.54) is 6.26 Å². The predicted molar refractivity (Wildman–Crippen MR) is 108 cm³/mol. The van der Waals surface area contributed by atoms with E-state index < -0.39 is 5.41 Å². The van der Waals surface area contributed by atoms with Crippen LogP contribution in [0.3, 0.4) is 0 Å². The summed E-state index contributed by atoms with van der Waals surface area (Å²) in [5.74, 6) is 2.02. The second-order valence-corrected chi connectivity index (χ2v) is 8.23. The first kappa shape index (κ1) is 18.6. The van der Waals surface area contributed by atoms with Gasteiger partial charge in [-0.15, -0.1) is 0 Å². The van der Waals surface area contributed by atoms with Gasteiger partial charge in [-0.3, -0.25) is 14.7 Å². The number of likely N-dealkylation sites (tertiary alicyclic amines) is 2. The Morgan fingerprint density at radius 2 is 1.77 bits per heavy atom. The van der Waals surface area contributed by atoms with Crippen LogP contribution >= 0.6 is 0 Å². The summed E-state index contributed by atoms with van der Waals surface area (Å²) in [6, 6.07) is 11.0. The lowest BCUT2D eigenvalue weighted by Crippen LogP contribution is -2.42. The molecule has 0 aliphatic carbocycles. The predicted octanol–water partition coefficient (Wildman–Crippen LogP) is 2.18. The molecule has 2 aliphatic heterocycles. The van der Waals surface area contributed by atoms with Crippen molar-refractivity contribution in [2.45, 2.75) is 19.3 Å². The number of benzene rings is 1. The minimum absolute atomic E-state index is 0.000174. The lowest BCUT2D eigenvalue weighted by Gasteiger charge is -2.26. The zero-order valence-electron chi connectivity index (χ0n) is 17.0. The Bertz CT molecular complexity index is 1100. The molecular weight excluding hydrogens is 382 g/mol. The van der Waals surface area contributed by atoms with Gasteiger partial charge in [0.1, 0.15) is 11.6 Å². The molecule has 8 heteroatoms. The van der Waals surface area contributed by atoms with E-state index in [4.69, 9.17) is 4.42 Å². The number of aromatic amines is 1. The van der Waals surface area contributed by atoms with Gasteiger partial charge in [-0.25, -0.2) is 4.98 Å². The Labute approximate surface area is 173 Å². The largest absolute Gasteiger partial charge is 0.469 e. The number of carbonyl (C=O) groups is 2. The fraction of sp³-hybridized carbons (Fsp3) is 0.364. The van der Waals surface area contributed by atoms with Crippen LogP contribution in [-0.2, 0) is 5.41 Å². The average Bonchev–Trinajstić information content (AvgIpc) is 3.50. The third kappa shape index (κ3) is 2.82. The van der Waals surface area contributed by atoms with Gasteiger partial charge in [-0.05, 0) is 32.0 Å². The summed E-state index contributed by atoms with van der Waals surface area (Å²) in [4.78, 5) is 34.5. The van der Waals surface area contributed by atoms with Crippen molar-refractivity contribution in [3.05, 3.63) is 71.2 Å². The van der Waals surface area contributed by atoms with Crippen molar-refractivity contribution in [1.82, 2.24) is 25.0 Å². The number of aromatic nitrogens is 3. The van der Waals surface area contributed by atoms with E-state index in [2.05, 4.69) is 15.2 Å². The Kier molecular flexibility index (Phi) is 4.23. The molecule has 2 saturated heterocycles. The van der Waals surface area contributed by atoms with Gasteiger partial charge in [0.2, 0.25) is 0 Å². The van der Waals surface area contributed by atoms with Crippen molar-refractivity contribution in [3.63, 3.8) is 0 Å². The van der Waals surface area contributed by atoms with Gasteiger partial charge in [0, 0.05) is 37.7 Å². The number of furan rings is 1. The fourth-order valence-corrected chi connectivity index (χ4v) is 4.80. The molecule has 0 saturated carbocycles. The van der Waals surface area contributed by atoms with Crippen molar-refractivity contribution in [2.75, 3.05) is 26.2 Å². The lowest BCUT2D eigenvalue weighted by molar-refractivity contribution is 0.0731. The van der Waals surface area contributed by atoms with E-state index in [1.807, 2.05) is 47.1 Å². The van der Waals surface area contributed by atoms with Crippen LogP contribution in [0.1, 0.15) is 38.1 Å². The van der Waals surface area contributed by atoms with E-state index >= 15 is 0 Å². The molecule has 0 unspecified atom stereocenters. The minimum atomic E-state index is -0.484. The van der Waals surface area contributed by atoms with E-state index in [0.29, 0.717) is 48.9 Å². The molecule has 2 amide bonds. The highest BCUT2D eigenvalue weighted by atomic mass is 16.3. The van der Waals surface area contributed by atoms with E-state index in [1.54, 1.807) is 13.0 Å². The molecule has 0 bridgehead atoms. The van der Waals surface area contributed by atoms with Gasteiger partial charge < -0.3 is 14.2 Å². The smallest absolute Gasteiger partial charge is 0.257 e. The highest BCUT2D eigenvalue weighted by molar-refractivity contribution is 5.96. The van der Waals surface area contributed by atoms with Crippen LogP contribution < -0.4 is 0 Å². The van der Waals surface area contributed by atoms with Gasteiger partial charge in [-0.2, -0.15) is 5.10 Å². The van der Waals surface area contributed by atoms with Gasteiger partial charge in [0.05, 0.1) is 17.2 Å². The normalized spacial score (nSPS) is 23.1. The first-order chi connectivity index (χ1) is 14.5. The van der Waals surface area contributed by atoms with Crippen LogP contribution in [0.15, 0.2) is 47.1 Å². The molecule has 2 aliphatic rings. The standard InChI is InChI=1S/C22H23N5O3/c1-14-18(8-9-30-14)20(29)27-11-17-10-26(19(28)16-6-4-3-5-7-16)12-22(17,13-27)21-23-15(2)24-25-21/h3-9,17H,10-13H2,1-2H3,(H,23,24,25)/t17-,22-/m0/s1.